The van der Waals surface area contributed by atoms with Crippen LogP contribution >= 0.6 is 11.3 Å². The highest BCUT2D eigenvalue weighted by Crippen LogP contribution is 2.19. The molecule has 2 N–H and O–H groups in total. The van der Waals surface area contributed by atoms with Crippen molar-refractivity contribution in [1.29, 1.82) is 0 Å². The van der Waals surface area contributed by atoms with Crippen molar-refractivity contribution in [2.75, 3.05) is 0 Å². The maximum Gasteiger partial charge on any atom is 0.148 e. The lowest BCUT2D eigenvalue weighted by Crippen LogP contribution is -2.17. The van der Waals surface area contributed by atoms with E-state index in [1.165, 1.54) is 0 Å². The molecule has 0 saturated heterocycles. The second-order valence-electron chi connectivity index (χ2n) is 2.97. The fraction of sp³-hybridized carbons (Fsp3) is 0.333. The van der Waals surface area contributed by atoms with Crippen molar-refractivity contribution >= 4 is 11.3 Å². The minimum Gasteiger partial charge on any atom is -0.318 e. The summed E-state index contributed by atoms with van der Waals surface area (Å²) in [6, 6.07) is 1.85. The normalized spacial score (nSPS) is 13.0. The van der Waals surface area contributed by atoms with Crippen molar-refractivity contribution in [2.24, 2.45) is 5.73 Å². The lowest BCUT2D eigenvalue weighted by atomic mass is 10.1. The number of nitrogens with zero attached hydrogens (tertiary/aromatic N) is 3. The van der Waals surface area contributed by atoms with E-state index in [2.05, 4.69) is 10.1 Å². The van der Waals surface area contributed by atoms with Gasteiger partial charge in [0.15, 0.2) is 0 Å². The lowest BCUT2D eigenvalue weighted by molar-refractivity contribution is 0.592. The summed E-state index contributed by atoms with van der Waals surface area (Å²) in [6.45, 7) is 2.83. The molecule has 2 heterocycles. The van der Waals surface area contributed by atoms with Gasteiger partial charge in [-0.2, -0.15) is 16.4 Å². The molecule has 0 amide bonds. The first kappa shape index (κ1) is 9.36. The number of hydrogen-bond donors (Lipinski definition) is 1. The molecule has 0 saturated carbocycles. The Morgan fingerprint density at radius 1 is 1.64 bits per heavy atom. The molecule has 2 rings (SSSR count). The Morgan fingerprint density at radius 3 is 3.14 bits per heavy atom. The predicted octanol–water partition coefficient (Wildman–Crippen LogP) is 1.41. The Kier molecular flexibility index (Phi) is 2.60. The molecule has 1 atom stereocenters. The molecule has 0 aromatic carbocycles. The fourth-order valence-electron chi connectivity index (χ4n) is 1.36. The topological polar surface area (TPSA) is 56.7 Å². The summed E-state index contributed by atoms with van der Waals surface area (Å²) in [6.07, 6.45) is 1.55. The van der Waals surface area contributed by atoms with E-state index < -0.39 is 0 Å². The summed E-state index contributed by atoms with van der Waals surface area (Å²) in [5.74, 6) is 0.825. The van der Waals surface area contributed by atoms with E-state index in [1.807, 2.05) is 28.4 Å². The smallest absolute Gasteiger partial charge is 0.148 e. The Balaban J connectivity index is 2.31. The Morgan fingerprint density at radius 2 is 2.50 bits per heavy atom. The summed E-state index contributed by atoms with van der Waals surface area (Å²) < 4.78 is 1.82. The highest BCUT2D eigenvalue weighted by atomic mass is 32.1. The van der Waals surface area contributed by atoms with Gasteiger partial charge in [-0.25, -0.2) is 9.67 Å². The summed E-state index contributed by atoms with van der Waals surface area (Å²) in [5.41, 5.74) is 7.16. The van der Waals surface area contributed by atoms with Crippen LogP contribution in [0.2, 0.25) is 0 Å². The number of thiophene rings is 1. The first-order chi connectivity index (χ1) is 6.83. The molecule has 2 aromatic heterocycles. The highest BCUT2D eigenvalue weighted by Gasteiger charge is 2.14. The molecular weight excluding hydrogens is 196 g/mol. The van der Waals surface area contributed by atoms with E-state index in [-0.39, 0.29) is 6.04 Å². The van der Waals surface area contributed by atoms with Gasteiger partial charge in [0.1, 0.15) is 12.2 Å². The van der Waals surface area contributed by atoms with Crippen LogP contribution in [0.3, 0.4) is 0 Å². The highest BCUT2D eigenvalue weighted by molar-refractivity contribution is 7.07. The van der Waals surface area contributed by atoms with Gasteiger partial charge in [0.05, 0.1) is 6.04 Å². The van der Waals surface area contributed by atoms with Gasteiger partial charge in [-0.05, 0) is 29.3 Å². The van der Waals surface area contributed by atoms with Crippen LogP contribution in [0.15, 0.2) is 23.2 Å². The van der Waals surface area contributed by atoms with Crippen molar-refractivity contribution in [3.05, 3.63) is 34.5 Å². The van der Waals surface area contributed by atoms with Gasteiger partial charge >= 0.3 is 0 Å². The monoisotopic (exact) mass is 208 g/mol. The van der Waals surface area contributed by atoms with Crippen LogP contribution in [-0.4, -0.2) is 14.8 Å². The third-order valence-electron chi connectivity index (χ3n) is 2.13. The molecule has 0 aliphatic heterocycles. The average Bonchev–Trinajstić information content (AvgIpc) is 2.87. The Hall–Kier alpha value is -1.20. The Bertz CT molecular complexity index is 393. The number of hydrogen-bond acceptors (Lipinski definition) is 4. The van der Waals surface area contributed by atoms with Crippen molar-refractivity contribution in [1.82, 2.24) is 14.8 Å². The van der Waals surface area contributed by atoms with Crippen molar-refractivity contribution in [3.8, 4) is 0 Å². The minimum atomic E-state index is -0.163. The number of rotatable bonds is 3. The van der Waals surface area contributed by atoms with Gasteiger partial charge in [0, 0.05) is 6.54 Å². The number of nitrogens with two attached hydrogens (primary N) is 1. The van der Waals surface area contributed by atoms with Crippen LogP contribution in [0.4, 0.5) is 0 Å². The molecule has 0 bridgehead atoms. The molecule has 5 heteroatoms. The van der Waals surface area contributed by atoms with Crippen molar-refractivity contribution in [3.63, 3.8) is 0 Å². The lowest BCUT2D eigenvalue weighted by Gasteiger charge is -2.09. The van der Waals surface area contributed by atoms with Gasteiger partial charge in [-0.1, -0.05) is 0 Å². The first-order valence-corrected chi connectivity index (χ1v) is 5.42. The molecule has 0 fully saturated rings. The summed E-state index contributed by atoms with van der Waals surface area (Å²) in [4.78, 5) is 4.17. The molecule has 1 unspecified atom stereocenters. The predicted molar refractivity (Wildman–Crippen MR) is 56.0 cm³/mol. The second kappa shape index (κ2) is 3.89. The van der Waals surface area contributed by atoms with Crippen molar-refractivity contribution in [2.45, 2.75) is 19.5 Å². The third-order valence-corrected chi connectivity index (χ3v) is 2.83. The molecule has 0 aliphatic carbocycles. The standard InChI is InChI=1S/C9H12N4S/c1-2-13-9(11-6-12-13)8(10)7-3-4-14-5-7/h3-6,8H,2,10H2,1H3. The summed E-state index contributed by atoms with van der Waals surface area (Å²) >= 11 is 1.64. The average molecular weight is 208 g/mol. The van der Waals surface area contributed by atoms with E-state index in [4.69, 9.17) is 5.73 Å². The van der Waals surface area contributed by atoms with Crippen LogP contribution < -0.4 is 5.73 Å². The molecule has 0 spiro atoms. The van der Waals surface area contributed by atoms with Gasteiger partial charge in [-0.15, -0.1) is 0 Å². The van der Waals surface area contributed by atoms with E-state index in [9.17, 15) is 0 Å². The fourth-order valence-corrected chi connectivity index (χ4v) is 2.06. The molecule has 0 aliphatic rings. The van der Waals surface area contributed by atoms with Crippen LogP contribution in [0.1, 0.15) is 24.4 Å². The zero-order valence-corrected chi connectivity index (χ0v) is 8.74. The maximum atomic E-state index is 6.06. The molecule has 74 valence electrons. The van der Waals surface area contributed by atoms with Gasteiger partial charge in [0.25, 0.3) is 0 Å². The second-order valence-corrected chi connectivity index (χ2v) is 3.75. The maximum absolute atomic E-state index is 6.06. The van der Waals surface area contributed by atoms with E-state index in [0.717, 1.165) is 17.9 Å². The first-order valence-electron chi connectivity index (χ1n) is 4.48. The quantitative estimate of drug-likeness (QED) is 0.829. The van der Waals surface area contributed by atoms with Gasteiger partial charge < -0.3 is 5.73 Å². The number of aryl methyl sites for hydroxylation is 1. The van der Waals surface area contributed by atoms with E-state index in [0.29, 0.717) is 0 Å². The van der Waals surface area contributed by atoms with Crippen molar-refractivity contribution < 1.29 is 0 Å². The Labute approximate surface area is 86.4 Å². The van der Waals surface area contributed by atoms with E-state index >= 15 is 0 Å². The molecule has 0 radical (unpaired) electrons. The molecule has 14 heavy (non-hydrogen) atoms. The summed E-state index contributed by atoms with van der Waals surface area (Å²) in [5, 5.41) is 8.15. The third kappa shape index (κ3) is 1.56. The van der Waals surface area contributed by atoms with Crippen LogP contribution in [0.25, 0.3) is 0 Å². The van der Waals surface area contributed by atoms with Gasteiger partial charge in [-0.3, -0.25) is 0 Å². The largest absolute Gasteiger partial charge is 0.318 e. The zero-order valence-electron chi connectivity index (χ0n) is 7.92. The van der Waals surface area contributed by atoms with Crippen LogP contribution in [0, 0.1) is 0 Å². The SMILES string of the molecule is CCn1ncnc1C(N)c1ccsc1. The van der Waals surface area contributed by atoms with E-state index in [1.54, 1.807) is 17.7 Å². The van der Waals surface area contributed by atoms with Crippen LogP contribution in [-0.2, 0) is 6.54 Å². The summed E-state index contributed by atoms with van der Waals surface area (Å²) in [7, 11) is 0. The van der Waals surface area contributed by atoms with Crippen LogP contribution in [0.5, 0.6) is 0 Å². The molecule has 2 aromatic rings. The number of aromatic nitrogens is 3. The molecular formula is C9H12N4S. The molecule has 4 nitrogen and oxygen atoms in total. The minimum absolute atomic E-state index is 0.163. The zero-order chi connectivity index (χ0) is 9.97. The van der Waals surface area contributed by atoms with Gasteiger partial charge in [0.2, 0.25) is 0 Å².